The number of carbonyl (C=O) groups excluding carboxylic acids is 2. The molecule has 3 heterocycles. The molecular weight excluding hydrogens is 401 g/mol. The molecule has 0 aliphatic carbocycles. The van der Waals surface area contributed by atoms with E-state index in [0.717, 1.165) is 11.3 Å². The lowest BCUT2D eigenvalue weighted by molar-refractivity contribution is -0.712. The highest BCUT2D eigenvalue weighted by atomic mass is 19.1. The lowest BCUT2D eigenvalue weighted by Gasteiger charge is -2.42. The second-order valence-corrected chi connectivity index (χ2v) is 7.46. The second-order valence-electron chi connectivity index (χ2n) is 7.46. The molecule has 1 N–H and O–H groups in total. The average Bonchev–Trinajstić information content (AvgIpc) is 3.18. The van der Waals surface area contributed by atoms with Gasteiger partial charge in [-0.15, -0.1) is 0 Å². The zero-order valence-electron chi connectivity index (χ0n) is 17.0. The number of hydrogen-bond donors (Lipinski definition) is 1. The van der Waals surface area contributed by atoms with Crippen molar-refractivity contribution < 1.29 is 18.6 Å². The van der Waals surface area contributed by atoms with Crippen LogP contribution in [0.4, 0.5) is 15.0 Å². The van der Waals surface area contributed by atoms with E-state index in [1.165, 1.54) is 17.0 Å². The first-order valence-electron chi connectivity index (χ1n) is 10.1. The first-order chi connectivity index (χ1) is 14.9. The maximum Gasteiger partial charge on any atom is 0.432 e. The summed E-state index contributed by atoms with van der Waals surface area (Å²) in [5, 5.41) is 13.3. The van der Waals surface area contributed by atoms with Crippen LogP contribution in [-0.4, -0.2) is 44.6 Å². The van der Waals surface area contributed by atoms with E-state index < -0.39 is 16.6 Å². The van der Waals surface area contributed by atoms with Crippen LogP contribution in [0.15, 0.2) is 48.7 Å². The number of fused-ring (bicyclic) bond motifs is 1. The molecule has 0 radical (unpaired) electrons. The average molecular weight is 423 g/mol. The Morgan fingerprint density at radius 2 is 1.94 bits per heavy atom. The minimum absolute atomic E-state index is 0.0353. The van der Waals surface area contributed by atoms with Crippen molar-refractivity contribution in [1.29, 1.82) is 0 Å². The number of amides is 3. The van der Waals surface area contributed by atoms with Crippen LogP contribution in [0.25, 0.3) is 0 Å². The summed E-state index contributed by atoms with van der Waals surface area (Å²) in [6.45, 7) is 1.74. The quantitative estimate of drug-likeness (QED) is 0.462. The van der Waals surface area contributed by atoms with E-state index in [1.54, 1.807) is 31.3 Å². The van der Waals surface area contributed by atoms with Gasteiger partial charge in [0.15, 0.2) is 11.5 Å². The molecule has 160 valence electrons. The zero-order chi connectivity index (χ0) is 22.0. The number of aromatic nitrogens is 3. The van der Waals surface area contributed by atoms with E-state index in [9.17, 15) is 19.2 Å². The van der Waals surface area contributed by atoms with Gasteiger partial charge >= 0.3 is 11.9 Å². The van der Waals surface area contributed by atoms with Crippen LogP contribution in [-0.2, 0) is 12.8 Å². The molecule has 3 amide bonds. The highest BCUT2D eigenvalue weighted by Gasteiger charge is 2.49. The van der Waals surface area contributed by atoms with Crippen LogP contribution >= 0.6 is 0 Å². The van der Waals surface area contributed by atoms with Gasteiger partial charge in [0, 0.05) is 24.9 Å². The van der Waals surface area contributed by atoms with Gasteiger partial charge in [-0.05, 0) is 42.7 Å². The van der Waals surface area contributed by atoms with Crippen LogP contribution in [0, 0.1) is 11.0 Å². The summed E-state index contributed by atoms with van der Waals surface area (Å²) in [6, 6.07) is 10.5. The number of H-pyrrole nitrogens is 1. The molecule has 0 saturated heterocycles. The minimum atomic E-state index is -1.59. The fraction of sp³-hybridized carbons (Fsp3) is 0.273. The lowest BCUT2D eigenvalue weighted by Crippen LogP contribution is -2.62. The molecule has 0 fully saturated rings. The van der Waals surface area contributed by atoms with Crippen molar-refractivity contribution in [1.82, 2.24) is 15.0 Å². The van der Waals surface area contributed by atoms with Gasteiger partial charge in [-0.3, -0.25) is 4.98 Å². The monoisotopic (exact) mass is 423 g/mol. The Kier molecular flexibility index (Phi) is 5.62. The number of anilines is 1. The van der Waals surface area contributed by atoms with Crippen LogP contribution in [0.2, 0.25) is 0 Å². The maximum absolute atomic E-state index is 13.3. The Morgan fingerprint density at radius 1 is 1.16 bits per heavy atom. The number of quaternary nitrogens is 1. The number of imide groups is 1. The van der Waals surface area contributed by atoms with Gasteiger partial charge in [0.05, 0.1) is 6.54 Å². The van der Waals surface area contributed by atoms with Crippen LogP contribution in [0.5, 0.6) is 0 Å². The normalized spacial score (nSPS) is 18.4. The van der Waals surface area contributed by atoms with Gasteiger partial charge in [-0.25, -0.2) is 28.5 Å². The van der Waals surface area contributed by atoms with E-state index in [0.29, 0.717) is 25.1 Å². The molecule has 8 nitrogen and oxygen atoms in total. The standard InChI is InChI=1S/C22H22FN5O3/c1-2-13-28(31)21(29)19-20(26-18(25-19)14-17-5-3-4-11-24-17)27(22(28)30)12-10-15-6-8-16(23)9-7-15/h3-9,11H,2,10,12-14H2,1H3,(H,25,26). The fourth-order valence-electron chi connectivity index (χ4n) is 3.67. The number of hydroxylamine groups is 3. The van der Waals surface area contributed by atoms with E-state index in [-0.39, 0.29) is 30.4 Å². The first-order valence-corrected chi connectivity index (χ1v) is 10.1. The molecule has 0 spiro atoms. The number of rotatable bonds is 7. The molecule has 1 unspecified atom stereocenters. The third-order valence-electron chi connectivity index (χ3n) is 5.22. The summed E-state index contributed by atoms with van der Waals surface area (Å²) in [5.41, 5.74) is 1.58. The number of nitrogens with zero attached hydrogens (tertiary/aromatic N) is 4. The van der Waals surface area contributed by atoms with Crippen molar-refractivity contribution in [3.63, 3.8) is 0 Å². The summed E-state index contributed by atoms with van der Waals surface area (Å²) in [7, 11) is 0. The van der Waals surface area contributed by atoms with Crippen molar-refractivity contribution in [3.8, 4) is 0 Å². The van der Waals surface area contributed by atoms with Crippen LogP contribution in [0.3, 0.4) is 0 Å². The number of nitrogens with one attached hydrogen (secondary N) is 1. The predicted molar refractivity (Wildman–Crippen MR) is 112 cm³/mol. The van der Waals surface area contributed by atoms with Gasteiger partial charge in [-0.2, -0.15) is 0 Å². The number of urea groups is 1. The Bertz CT molecular complexity index is 1100. The molecule has 1 aromatic carbocycles. The Hall–Kier alpha value is -3.43. The molecule has 1 atom stereocenters. The van der Waals surface area contributed by atoms with Crippen molar-refractivity contribution in [3.05, 3.63) is 82.5 Å². The van der Waals surface area contributed by atoms with Crippen molar-refractivity contribution in [2.24, 2.45) is 0 Å². The van der Waals surface area contributed by atoms with E-state index in [1.807, 2.05) is 12.1 Å². The van der Waals surface area contributed by atoms with E-state index >= 15 is 0 Å². The van der Waals surface area contributed by atoms with Gasteiger partial charge in [0.2, 0.25) is 0 Å². The smallest absolute Gasteiger partial charge is 0.432 e. The highest BCUT2D eigenvalue weighted by molar-refractivity contribution is 6.08. The molecular formula is C22H22FN5O3. The second kappa shape index (κ2) is 8.37. The molecule has 0 bridgehead atoms. The van der Waals surface area contributed by atoms with E-state index in [2.05, 4.69) is 15.0 Å². The SMILES string of the molecule is CCC[N+]1([O-])C(=O)c2[nH]c(Cc3ccccn3)nc2N(CCc2ccc(F)cc2)C1=O. The Balaban J connectivity index is 1.67. The maximum atomic E-state index is 13.3. The predicted octanol–water partition coefficient (Wildman–Crippen LogP) is 3.58. The van der Waals surface area contributed by atoms with Crippen molar-refractivity contribution >= 4 is 17.8 Å². The molecule has 1 aliphatic heterocycles. The van der Waals surface area contributed by atoms with Gasteiger partial charge in [-0.1, -0.05) is 25.1 Å². The largest absolute Gasteiger partial charge is 0.616 e. The fourth-order valence-corrected chi connectivity index (χ4v) is 3.67. The number of carbonyl (C=O) groups is 2. The zero-order valence-corrected chi connectivity index (χ0v) is 17.0. The number of pyridine rings is 1. The molecule has 2 aromatic heterocycles. The Morgan fingerprint density at radius 3 is 2.61 bits per heavy atom. The number of imidazole rings is 1. The molecule has 0 saturated carbocycles. The minimum Gasteiger partial charge on any atom is -0.616 e. The summed E-state index contributed by atoms with van der Waals surface area (Å²) in [4.78, 5) is 39.0. The number of halogens is 1. The van der Waals surface area contributed by atoms with Gasteiger partial charge in [0.25, 0.3) is 0 Å². The number of aromatic amines is 1. The summed E-state index contributed by atoms with van der Waals surface area (Å²) in [5.74, 6) is -0.583. The van der Waals surface area contributed by atoms with Crippen LogP contribution in [0.1, 0.15) is 40.9 Å². The number of benzene rings is 1. The van der Waals surface area contributed by atoms with E-state index in [4.69, 9.17) is 0 Å². The number of hydrogen-bond acceptors (Lipinski definition) is 5. The van der Waals surface area contributed by atoms with Crippen LogP contribution < -0.4 is 4.90 Å². The molecule has 4 rings (SSSR count). The first kappa shape index (κ1) is 20.8. The van der Waals surface area contributed by atoms with Crippen molar-refractivity contribution in [2.45, 2.75) is 26.2 Å². The van der Waals surface area contributed by atoms with Gasteiger partial charge < -0.3 is 10.2 Å². The third kappa shape index (κ3) is 3.97. The molecule has 9 heteroatoms. The summed E-state index contributed by atoms with van der Waals surface area (Å²) < 4.78 is 11.6. The molecule has 3 aromatic rings. The summed E-state index contributed by atoms with van der Waals surface area (Å²) in [6.07, 6.45) is 2.74. The topological polar surface area (TPSA) is 102 Å². The van der Waals surface area contributed by atoms with Gasteiger partial charge in [0.1, 0.15) is 11.6 Å². The summed E-state index contributed by atoms with van der Waals surface area (Å²) >= 11 is 0. The third-order valence-corrected chi connectivity index (χ3v) is 5.22. The highest BCUT2D eigenvalue weighted by Crippen LogP contribution is 2.32. The lowest BCUT2D eigenvalue weighted by atomic mass is 10.1. The molecule has 31 heavy (non-hydrogen) atoms. The Labute approximate surface area is 178 Å². The van der Waals surface area contributed by atoms with Crippen molar-refractivity contribution in [2.75, 3.05) is 18.0 Å². The molecule has 1 aliphatic rings.